The minimum absolute atomic E-state index is 0.201. The van der Waals surface area contributed by atoms with Crippen LogP contribution in [-0.4, -0.2) is 129 Å². The number of hydrogen-bond donors (Lipinski definition) is 2. The van der Waals surface area contributed by atoms with Crippen LogP contribution in [0, 0.1) is 27.7 Å². The molecule has 1 saturated heterocycles. The second-order valence-corrected chi connectivity index (χ2v) is 24.9. The summed E-state index contributed by atoms with van der Waals surface area (Å²) in [5.41, 5.74) is 3.77. The van der Waals surface area contributed by atoms with Gasteiger partial charge >= 0.3 is 0 Å². The molecule has 0 spiro atoms. The fraction of sp³-hybridized carbons (Fsp3) is 0.500. The van der Waals surface area contributed by atoms with E-state index in [2.05, 4.69) is 10.6 Å². The molecule has 0 bridgehead atoms. The molecule has 66 heavy (non-hydrogen) atoms. The Morgan fingerprint density at radius 3 is 0.636 bits per heavy atom. The molecule has 0 saturated carbocycles. The highest BCUT2D eigenvalue weighted by atomic mass is 32.2. The van der Waals surface area contributed by atoms with E-state index in [4.69, 9.17) is 0 Å². The van der Waals surface area contributed by atoms with Crippen LogP contribution >= 0.6 is 0 Å². The molecule has 5 rings (SSSR count). The summed E-state index contributed by atoms with van der Waals surface area (Å²) < 4.78 is 118. The van der Waals surface area contributed by atoms with Gasteiger partial charge in [-0.2, -0.15) is 17.2 Å². The molecule has 1 heterocycles. The Labute approximate surface area is 396 Å². The average molecular weight is 987 g/mol. The van der Waals surface area contributed by atoms with Crippen LogP contribution < -0.4 is 10.6 Å². The lowest BCUT2D eigenvalue weighted by Crippen LogP contribution is -2.37. The first kappa shape index (κ1) is 53.4. The first-order chi connectivity index (χ1) is 31.4. The van der Waals surface area contributed by atoms with Gasteiger partial charge < -0.3 is 10.6 Å². The predicted octanol–water partition coefficient (Wildman–Crippen LogP) is 6.30. The number of nitrogens with zero attached hydrogens (tertiary/aromatic N) is 4. The minimum Gasteiger partial charge on any atom is -0.317 e. The molecule has 2 N–H and O–H groups in total. The molecular formula is C48H70N6O8S4. The molecule has 0 aromatic heterocycles. The normalized spacial score (nSPS) is 18.7. The van der Waals surface area contributed by atoms with Gasteiger partial charge in [-0.15, -0.1) is 0 Å². The van der Waals surface area contributed by atoms with E-state index in [1.165, 1.54) is 17.2 Å². The van der Waals surface area contributed by atoms with Gasteiger partial charge in [0.2, 0.25) is 40.1 Å². The number of rotatable bonds is 8. The highest BCUT2D eigenvalue weighted by Gasteiger charge is 2.28. The molecule has 0 atom stereocenters. The molecule has 18 heteroatoms. The van der Waals surface area contributed by atoms with Gasteiger partial charge in [-0.1, -0.05) is 70.8 Å². The Morgan fingerprint density at radius 1 is 0.288 bits per heavy atom. The quantitative estimate of drug-likeness (QED) is 0.204. The van der Waals surface area contributed by atoms with Crippen LogP contribution in [0.4, 0.5) is 0 Å². The van der Waals surface area contributed by atoms with Gasteiger partial charge in [0, 0.05) is 52.4 Å². The summed E-state index contributed by atoms with van der Waals surface area (Å²) in [6.07, 6.45) is 3.74. The van der Waals surface area contributed by atoms with Crippen molar-refractivity contribution in [3.8, 4) is 0 Å². The molecule has 14 nitrogen and oxygen atoms in total. The Morgan fingerprint density at radius 2 is 0.455 bits per heavy atom. The van der Waals surface area contributed by atoms with Crippen molar-refractivity contribution in [2.24, 2.45) is 0 Å². The molecule has 0 radical (unpaired) electrons. The van der Waals surface area contributed by atoms with Crippen molar-refractivity contribution in [1.29, 1.82) is 0 Å². The number of sulfonamides is 4. The second kappa shape index (κ2) is 25.2. The maximum Gasteiger partial charge on any atom is 0.243 e. The van der Waals surface area contributed by atoms with E-state index in [9.17, 15) is 33.7 Å². The van der Waals surface area contributed by atoms with E-state index in [-0.39, 0.29) is 71.9 Å². The van der Waals surface area contributed by atoms with E-state index in [0.717, 1.165) is 22.3 Å². The molecule has 1 aliphatic rings. The minimum atomic E-state index is -3.85. The summed E-state index contributed by atoms with van der Waals surface area (Å²) in [6, 6.07) is 27.1. The topological polar surface area (TPSA) is 174 Å². The lowest BCUT2D eigenvalue weighted by molar-refractivity contribution is 0.351. The largest absolute Gasteiger partial charge is 0.317 e. The molecule has 4 aromatic carbocycles. The van der Waals surface area contributed by atoms with Gasteiger partial charge in [0.1, 0.15) is 0 Å². The van der Waals surface area contributed by atoms with Crippen molar-refractivity contribution >= 4 is 40.1 Å². The molecule has 4 aromatic rings. The zero-order valence-corrected chi connectivity index (χ0v) is 42.3. The number of hydrogen-bond acceptors (Lipinski definition) is 10. The van der Waals surface area contributed by atoms with Gasteiger partial charge in [-0.05, 0) is 154 Å². The second-order valence-electron chi connectivity index (χ2n) is 17.2. The molecule has 0 unspecified atom stereocenters. The lowest BCUT2D eigenvalue weighted by Gasteiger charge is -2.25. The molecule has 1 aliphatic heterocycles. The third kappa shape index (κ3) is 15.2. The first-order valence-electron chi connectivity index (χ1n) is 23.1. The first-order valence-corrected chi connectivity index (χ1v) is 28.9. The molecule has 364 valence electrons. The van der Waals surface area contributed by atoms with Crippen molar-refractivity contribution < 1.29 is 33.7 Å². The van der Waals surface area contributed by atoms with Crippen LogP contribution in [0.5, 0.6) is 0 Å². The summed E-state index contributed by atoms with van der Waals surface area (Å²) in [7, 11) is -15.4. The number of nitrogens with one attached hydrogen (secondary N) is 2. The molecular weight excluding hydrogens is 917 g/mol. The van der Waals surface area contributed by atoms with E-state index in [1.807, 2.05) is 27.7 Å². The summed E-state index contributed by atoms with van der Waals surface area (Å²) in [5.74, 6) is 0. The van der Waals surface area contributed by atoms with Crippen LogP contribution in [0.2, 0.25) is 0 Å². The zero-order chi connectivity index (χ0) is 47.8. The third-order valence-electron chi connectivity index (χ3n) is 11.8. The SMILES string of the molecule is Cc1ccc(S(=O)(=O)N2CCCCN(S(=O)(=O)c3ccc(C)cc3)CCCNCCCN(S(=O)(=O)c3ccc(C)cc3)CCCCN(S(=O)(=O)c3ccc(C)cc3)CCCNCCC2)cc1. The van der Waals surface area contributed by atoms with Crippen LogP contribution in [0.1, 0.15) is 73.6 Å². The Kier molecular flexibility index (Phi) is 20.4. The maximum absolute atomic E-state index is 14.0. The number of aryl methyl sites for hydroxylation is 4. The third-order valence-corrected chi connectivity index (χ3v) is 19.5. The standard InChI is InChI=1S/C48H70N6O8S4/c1-41-13-21-45(22-14-41)63(55,56)51-33-5-6-34-52(64(57,58)46-23-15-42(2)16-24-46)38-11-31-50-32-12-40-54(66(61,62)48-27-19-44(4)20-28-48)36-8-7-35-53(39-10-30-49-29-9-37-51)65(59,60)47-25-17-43(3)18-26-47/h13-28,49-50H,5-12,29-40H2,1-4H3. The van der Waals surface area contributed by atoms with Crippen molar-refractivity contribution in [3.63, 3.8) is 0 Å². The van der Waals surface area contributed by atoms with Crippen molar-refractivity contribution in [1.82, 2.24) is 27.9 Å². The van der Waals surface area contributed by atoms with Gasteiger partial charge in [0.15, 0.2) is 0 Å². The van der Waals surface area contributed by atoms with Crippen molar-refractivity contribution in [2.75, 3.05) is 78.5 Å². The van der Waals surface area contributed by atoms with Crippen LogP contribution in [0.3, 0.4) is 0 Å². The Bertz CT molecular complexity index is 2200. The van der Waals surface area contributed by atoms with E-state index in [1.54, 1.807) is 97.1 Å². The smallest absolute Gasteiger partial charge is 0.243 e. The summed E-state index contributed by atoms with van der Waals surface area (Å²) >= 11 is 0. The van der Waals surface area contributed by atoms with E-state index in [0.29, 0.717) is 77.5 Å². The molecule has 1 fully saturated rings. The van der Waals surface area contributed by atoms with Crippen molar-refractivity contribution in [3.05, 3.63) is 119 Å². The number of benzene rings is 4. The van der Waals surface area contributed by atoms with Gasteiger partial charge in [-0.3, -0.25) is 0 Å². The van der Waals surface area contributed by atoms with Crippen LogP contribution in [0.25, 0.3) is 0 Å². The maximum atomic E-state index is 14.0. The fourth-order valence-corrected chi connectivity index (χ4v) is 13.8. The summed E-state index contributed by atoms with van der Waals surface area (Å²) in [6.45, 7) is 11.4. The van der Waals surface area contributed by atoms with Gasteiger partial charge in [-0.25, -0.2) is 33.7 Å². The Hall–Kier alpha value is -3.56. The van der Waals surface area contributed by atoms with E-state index < -0.39 is 40.1 Å². The van der Waals surface area contributed by atoms with E-state index >= 15 is 0 Å². The molecule has 0 amide bonds. The van der Waals surface area contributed by atoms with Gasteiger partial charge in [0.05, 0.1) is 19.6 Å². The highest BCUT2D eigenvalue weighted by Crippen LogP contribution is 2.23. The molecule has 0 aliphatic carbocycles. The highest BCUT2D eigenvalue weighted by molar-refractivity contribution is 7.90. The monoisotopic (exact) mass is 986 g/mol. The zero-order valence-electron chi connectivity index (χ0n) is 39.1. The summed E-state index contributed by atoms with van der Waals surface area (Å²) in [5, 5.41) is 6.75. The van der Waals surface area contributed by atoms with Gasteiger partial charge in [0.25, 0.3) is 0 Å². The van der Waals surface area contributed by atoms with Crippen LogP contribution in [-0.2, 0) is 40.1 Å². The Balaban J connectivity index is 1.35. The average Bonchev–Trinajstić information content (AvgIpc) is 3.28. The lowest BCUT2D eigenvalue weighted by atomic mass is 10.2. The van der Waals surface area contributed by atoms with Crippen molar-refractivity contribution in [2.45, 2.75) is 98.6 Å². The fourth-order valence-electron chi connectivity index (χ4n) is 7.77. The van der Waals surface area contributed by atoms with Crippen LogP contribution in [0.15, 0.2) is 117 Å². The predicted molar refractivity (Wildman–Crippen MR) is 262 cm³/mol. The summed E-state index contributed by atoms with van der Waals surface area (Å²) in [4.78, 5) is 0.805.